The molecular formula is C40H48N6O5. The zero-order chi connectivity index (χ0) is 35.7. The van der Waals surface area contributed by atoms with Crippen LogP contribution in [0.4, 0.5) is 5.95 Å². The number of rotatable bonds is 14. The molecule has 11 nitrogen and oxygen atoms in total. The van der Waals surface area contributed by atoms with Crippen LogP contribution in [0, 0.1) is 0 Å². The first-order valence-electron chi connectivity index (χ1n) is 17.4. The van der Waals surface area contributed by atoms with Crippen LogP contribution in [-0.4, -0.2) is 105 Å². The molecule has 11 heteroatoms. The van der Waals surface area contributed by atoms with Gasteiger partial charge in [-0.25, -0.2) is 4.98 Å². The van der Waals surface area contributed by atoms with E-state index < -0.39 is 0 Å². The molecule has 3 aromatic carbocycles. The highest BCUT2D eigenvalue weighted by molar-refractivity contribution is 5.95. The van der Waals surface area contributed by atoms with Gasteiger partial charge in [0.05, 0.1) is 51.7 Å². The number of carbonyl (C=O) groups is 1. The predicted octanol–water partition coefficient (Wildman–Crippen LogP) is 5.97. The van der Waals surface area contributed by atoms with Gasteiger partial charge in [-0.3, -0.25) is 9.78 Å². The second kappa shape index (κ2) is 16.6. The molecule has 0 N–H and O–H groups in total. The fourth-order valence-corrected chi connectivity index (χ4v) is 6.92. The summed E-state index contributed by atoms with van der Waals surface area (Å²) in [6.07, 6.45) is 3.76. The summed E-state index contributed by atoms with van der Waals surface area (Å²) in [4.78, 5) is 30.3. The van der Waals surface area contributed by atoms with Gasteiger partial charge in [-0.05, 0) is 80.0 Å². The largest absolute Gasteiger partial charge is 0.497 e. The zero-order valence-corrected chi connectivity index (χ0v) is 30.2. The average molecular weight is 693 g/mol. The summed E-state index contributed by atoms with van der Waals surface area (Å²) in [5.74, 6) is 3.13. The standard InChI is InChI=1S/C40H48N6O5/c1-43(39(47)31-25-36(49-3)38(51-5)37(26-31)50-4)27-30(29-14-16-33(48-2)17-15-29)18-22-44-20-10-21-45(24-23-44)40-42-34-12-6-7-13-35(34)46(40)28-32-11-8-9-19-41-32/h6-9,11-17,19,25-26,30H,10,18,20-24,27-28H2,1-5H3. The Balaban J connectivity index is 1.16. The molecule has 0 spiro atoms. The quantitative estimate of drug-likeness (QED) is 0.140. The number of benzene rings is 3. The van der Waals surface area contributed by atoms with Crippen molar-refractivity contribution in [3.05, 3.63) is 102 Å². The lowest BCUT2D eigenvalue weighted by Crippen LogP contribution is -2.35. The van der Waals surface area contributed by atoms with Crippen LogP contribution in [0.3, 0.4) is 0 Å². The summed E-state index contributed by atoms with van der Waals surface area (Å²) < 4.78 is 24.2. The number of likely N-dealkylation sites (N-methyl/N-ethyl adjacent to an activating group) is 1. The minimum absolute atomic E-state index is 0.105. The molecule has 0 radical (unpaired) electrons. The maximum Gasteiger partial charge on any atom is 0.253 e. The minimum atomic E-state index is -0.119. The molecule has 0 aliphatic carbocycles. The number of nitrogens with zero attached hydrogens (tertiary/aromatic N) is 6. The number of imidazole rings is 1. The van der Waals surface area contributed by atoms with Crippen molar-refractivity contribution in [1.29, 1.82) is 0 Å². The van der Waals surface area contributed by atoms with E-state index in [9.17, 15) is 4.79 Å². The third-order valence-electron chi connectivity index (χ3n) is 9.69. The number of ether oxygens (including phenoxy) is 4. The van der Waals surface area contributed by atoms with E-state index in [1.54, 1.807) is 45.5 Å². The van der Waals surface area contributed by atoms with Crippen LogP contribution in [0.1, 0.15) is 40.4 Å². The Hall–Kier alpha value is -5.29. The monoisotopic (exact) mass is 692 g/mol. The van der Waals surface area contributed by atoms with Gasteiger partial charge in [-0.2, -0.15) is 0 Å². The molecule has 5 aromatic rings. The van der Waals surface area contributed by atoms with Gasteiger partial charge >= 0.3 is 0 Å². The Morgan fingerprint density at radius 1 is 0.843 bits per heavy atom. The summed E-state index contributed by atoms with van der Waals surface area (Å²) in [6, 6.07) is 26.0. The summed E-state index contributed by atoms with van der Waals surface area (Å²) in [5.41, 5.74) is 4.77. The van der Waals surface area contributed by atoms with Gasteiger partial charge in [0, 0.05) is 50.9 Å². The van der Waals surface area contributed by atoms with Crippen molar-refractivity contribution in [1.82, 2.24) is 24.3 Å². The molecule has 1 unspecified atom stereocenters. The smallest absolute Gasteiger partial charge is 0.253 e. The number of amides is 1. The van der Waals surface area contributed by atoms with Crippen molar-refractivity contribution in [3.8, 4) is 23.0 Å². The number of pyridine rings is 1. The SMILES string of the molecule is COc1ccc(C(CCN2CCCN(c3nc4ccccc4n3Cc3ccccn3)CC2)CN(C)C(=O)c2cc(OC)c(OC)c(OC)c2)cc1. The molecule has 1 aliphatic heterocycles. The molecular weight excluding hydrogens is 644 g/mol. The molecule has 1 saturated heterocycles. The van der Waals surface area contributed by atoms with E-state index in [4.69, 9.17) is 23.9 Å². The number of aromatic nitrogens is 3. The van der Waals surface area contributed by atoms with Gasteiger partial charge in [0.2, 0.25) is 11.7 Å². The van der Waals surface area contributed by atoms with Crippen LogP contribution < -0.4 is 23.8 Å². The van der Waals surface area contributed by atoms with Crippen LogP contribution in [-0.2, 0) is 6.54 Å². The van der Waals surface area contributed by atoms with Crippen molar-refractivity contribution in [2.75, 3.05) is 79.7 Å². The molecule has 3 heterocycles. The molecule has 1 fully saturated rings. The van der Waals surface area contributed by atoms with Crippen molar-refractivity contribution < 1.29 is 23.7 Å². The lowest BCUT2D eigenvalue weighted by atomic mass is 9.94. The van der Waals surface area contributed by atoms with Crippen LogP contribution in [0.25, 0.3) is 11.0 Å². The summed E-state index contributed by atoms with van der Waals surface area (Å²) in [7, 11) is 8.18. The summed E-state index contributed by atoms with van der Waals surface area (Å²) in [6.45, 7) is 5.83. The second-order valence-electron chi connectivity index (χ2n) is 12.8. The van der Waals surface area contributed by atoms with E-state index in [1.165, 1.54) is 5.56 Å². The molecule has 268 valence electrons. The Labute approximate surface area is 300 Å². The molecule has 2 aromatic heterocycles. The number of anilines is 1. The molecule has 1 amide bonds. The molecule has 1 atom stereocenters. The highest BCUT2D eigenvalue weighted by Gasteiger charge is 2.25. The molecule has 0 saturated carbocycles. The van der Waals surface area contributed by atoms with E-state index in [2.05, 4.69) is 55.7 Å². The van der Waals surface area contributed by atoms with Crippen LogP contribution in [0.5, 0.6) is 23.0 Å². The molecule has 6 rings (SSSR count). The van der Waals surface area contributed by atoms with Crippen LogP contribution in [0.15, 0.2) is 85.1 Å². The number of carbonyl (C=O) groups excluding carboxylic acids is 1. The number of para-hydroxylation sites is 2. The van der Waals surface area contributed by atoms with Gasteiger partial charge in [0.25, 0.3) is 5.91 Å². The van der Waals surface area contributed by atoms with Crippen LogP contribution in [0.2, 0.25) is 0 Å². The maximum absolute atomic E-state index is 13.8. The first-order valence-corrected chi connectivity index (χ1v) is 17.4. The average Bonchev–Trinajstić information content (AvgIpc) is 3.36. The van der Waals surface area contributed by atoms with Crippen LogP contribution >= 0.6 is 0 Å². The summed E-state index contributed by atoms with van der Waals surface area (Å²) >= 11 is 0. The van der Waals surface area contributed by atoms with E-state index >= 15 is 0 Å². The van der Waals surface area contributed by atoms with Gasteiger partial charge in [-0.15, -0.1) is 0 Å². The van der Waals surface area contributed by atoms with Crippen molar-refractivity contribution >= 4 is 22.9 Å². The van der Waals surface area contributed by atoms with E-state index in [0.29, 0.717) is 35.9 Å². The molecule has 0 bridgehead atoms. The van der Waals surface area contributed by atoms with Crippen molar-refractivity contribution in [2.45, 2.75) is 25.3 Å². The maximum atomic E-state index is 13.8. The topological polar surface area (TPSA) is 94.4 Å². The first-order chi connectivity index (χ1) is 24.9. The third kappa shape index (κ3) is 8.20. The second-order valence-corrected chi connectivity index (χ2v) is 12.8. The fourth-order valence-electron chi connectivity index (χ4n) is 6.92. The Kier molecular flexibility index (Phi) is 11.6. The Morgan fingerprint density at radius 3 is 2.27 bits per heavy atom. The predicted molar refractivity (Wildman–Crippen MR) is 200 cm³/mol. The van der Waals surface area contributed by atoms with Crippen molar-refractivity contribution in [3.63, 3.8) is 0 Å². The Bertz CT molecular complexity index is 1870. The van der Waals surface area contributed by atoms with Gasteiger partial charge in [0.1, 0.15) is 5.75 Å². The van der Waals surface area contributed by atoms with E-state index in [1.807, 2.05) is 43.6 Å². The lowest BCUT2D eigenvalue weighted by molar-refractivity contribution is 0.0782. The number of hydrogen-bond acceptors (Lipinski definition) is 9. The van der Waals surface area contributed by atoms with Gasteiger partial charge in [-0.1, -0.05) is 30.3 Å². The zero-order valence-electron chi connectivity index (χ0n) is 30.2. The number of hydrogen-bond donors (Lipinski definition) is 0. The highest BCUT2D eigenvalue weighted by atomic mass is 16.5. The third-order valence-corrected chi connectivity index (χ3v) is 9.69. The van der Waals surface area contributed by atoms with Gasteiger partial charge < -0.3 is 38.2 Å². The summed E-state index contributed by atoms with van der Waals surface area (Å²) in [5, 5.41) is 0. The molecule has 51 heavy (non-hydrogen) atoms. The molecule has 1 aliphatic rings. The number of fused-ring (bicyclic) bond motifs is 1. The minimum Gasteiger partial charge on any atom is -0.497 e. The Morgan fingerprint density at radius 2 is 1.59 bits per heavy atom. The fraction of sp³-hybridized carbons (Fsp3) is 0.375. The number of methoxy groups -OCH3 is 4. The lowest BCUT2D eigenvalue weighted by Gasteiger charge is -2.28. The van der Waals surface area contributed by atoms with Gasteiger partial charge in [0.15, 0.2) is 11.5 Å². The van der Waals surface area contributed by atoms with E-state index in [-0.39, 0.29) is 11.8 Å². The highest BCUT2D eigenvalue weighted by Crippen LogP contribution is 2.38. The normalized spacial score (nSPS) is 14.2. The first kappa shape index (κ1) is 35.5. The van der Waals surface area contributed by atoms with E-state index in [0.717, 1.165) is 74.0 Å². The van der Waals surface area contributed by atoms with Crippen molar-refractivity contribution in [2.24, 2.45) is 0 Å².